The summed E-state index contributed by atoms with van der Waals surface area (Å²) in [4.78, 5) is 32.2. The van der Waals surface area contributed by atoms with Crippen molar-refractivity contribution >= 4 is 51.0 Å². The molecule has 2 N–H and O–H groups in total. The molecule has 1 amide bonds. The van der Waals surface area contributed by atoms with Gasteiger partial charge < -0.3 is 14.9 Å². The number of nitrogens with zero attached hydrogens (tertiary/aromatic N) is 3. The second-order valence-corrected chi connectivity index (χ2v) is 8.56. The standard InChI is InChI=1S/C29H23N5O2/c1-18-24(15-21(16-30)29-32-25-8-4-5-9-26(25)33-29)23-7-3-6-10-27(23)34(18)17-28(36)31-22-13-11-20(12-14-22)19(2)35/h3-15H,17H2,1-2H3,(H,31,36)(H,32,33). The molecule has 36 heavy (non-hydrogen) atoms. The van der Waals surface area contributed by atoms with Crippen LogP contribution in [0.3, 0.4) is 0 Å². The molecule has 0 fully saturated rings. The van der Waals surface area contributed by atoms with E-state index >= 15 is 0 Å². The van der Waals surface area contributed by atoms with Crippen LogP contribution < -0.4 is 5.32 Å². The zero-order valence-electron chi connectivity index (χ0n) is 19.9. The third-order valence-corrected chi connectivity index (χ3v) is 6.21. The Morgan fingerprint density at radius 2 is 1.78 bits per heavy atom. The van der Waals surface area contributed by atoms with Gasteiger partial charge in [0.2, 0.25) is 5.91 Å². The van der Waals surface area contributed by atoms with Crippen LogP contribution in [0, 0.1) is 18.3 Å². The highest BCUT2D eigenvalue weighted by Gasteiger charge is 2.17. The molecule has 0 spiro atoms. The number of amides is 1. The van der Waals surface area contributed by atoms with Crippen LogP contribution in [0.1, 0.15) is 34.4 Å². The van der Waals surface area contributed by atoms with Crippen LogP contribution in [0.15, 0.2) is 72.8 Å². The molecule has 5 rings (SSSR count). The number of ketones is 1. The van der Waals surface area contributed by atoms with E-state index in [1.807, 2.05) is 66.1 Å². The fourth-order valence-electron chi connectivity index (χ4n) is 4.35. The van der Waals surface area contributed by atoms with Gasteiger partial charge in [0.1, 0.15) is 18.4 Å². The fourth-order valence-corrected chi connectivity index (χ4v) is 4.35. The molecule has 2 heterocycles. The molecule has 0 aliphatic rings. The molecule has 7 heteroatoms. The SMILES string of the molecule is CC(=O)c1ccc(NC(=O)Cn2c(C)c(C=C(C#N)c3nc4ccccc4[nH]3)c3ccccc32)cc1. The Balaban J connectivity index is 1.49. The van der Waals surface area contributed by atoms with Gasteiger partial charge in [-0.15, -0.1) is 0 Å². The number of benzene rings is 3. The number of nitriles is 1. The van der Waals surface area contributed by atoms with Crippen LogP contribution in [-0.2, 0) is 11.3 Å². The summed E-state index contributed by atoms with van der Waals surface area (Å²) in [6.45, 7) is 3.54. The van der Waals surface area contributed by atoms with Gasteiger partial charge in [-0.1, -0.05) is 30.3 Å². The lowest BCUT2D eigenvalue weighted by Gasteiger charge is -2.10. The number of imidazole rings is 1. The first-order valence-electron chi connectivity index (χ1n) is 11.5. The Hall–Kier alpha value is -4.96. The number of Topliss-reactive ketones (excluding diaryl/α,β-unsaturated/α-hetero) is 1. The van der Waals surface area contributed by atoms with Gasteiger partial charge >= 0.3 is 0 Å². The number of H-pyrrole nitrogens is 1. The number of aromatic amines is 1. The number of carbonyl (C=O) groups excluding carboxylic acids is 2. The summed E-state index contributed by atoms with van der Waals surface area (Å²) in [6, 6.07) is 24.5. The van der Waals surface area contributed by atoms with E-state index in [0.29, 0.717) is 22.6 Å². The molecule has 7 nitrogen and oxygen atoms in total. The van der Waals surface area contributed by atoms with E-state index in [2.05, 4.69) is 21.4 Å². The lowest BCUT2D eigenvalue weighted by Crippen LogP contribution is -2.19. The summed E-state index contributed by atoms with van der Waals surface area (Å²) in [5, 5.41) is 13.8. The number of allylic oxidation sites excluding steroid dienone is 1. The van der Waals surface area contributed by atoms with Gasteiger partial charge in [0.05, 0.1) is 16.6 Å². The summed E-state index contributed by atoms with van der Waals surface area (Å²) in [5.41, 5.74) is 5.90. The molecule has 3 aromatic carbocycles. The second kappa shape index (κ2) is 9.35. The number of carbonyl (C=O) groups is 2. The third kappa shape index (κ3) is 4.28. The predicted octanol–water partition coefficient (Wildman–Crippen LogP) is 5.73. The second-order valence-electron chi connectivity index (χ2n) is 8.56. The Morgan fingerprint density at radius 3 is 2.50 bits per heavy atom. The van der Waals surface area contributed by atoms with Gasteiger partial charge in [-0.2, -0.15) is 5.26 Å². The Bertz CT molecular complexity index is 1660. The zero-order chi connectivity index (χ0) is 25.2. The first-order valence-corrected chi connectivity index (χ1v) is 11.5. The van der Waals surface area contributed by atoms with Crippen LogP contribution in [0.4, 0.5) is 5.69 Å². The lowest BCUT2D eigenvalue weighted by atomic mass is 10.1. The number of hydrogen-bond acceptors (Lipinski definition) is 4. The van der Waals surface area contributed by atoms with E-state index in [0.717, 1.165) is 33.2 Å². The highest BCUT2D eigenvalue weighted by Crippen LogP contribution is 2.30. The average Bonchev–Trinajstić information content (AvgIpc) is 3.42. The van der Waals surface area contributed by atoms with E-state index < -0.39 is 0 Å². The molecule has 5 aromatic rings. The van der Waals surface area contributed by atoms with Crippen molar-refractivity contribution in [3.05, 3.63) is 95.4 Å². The van der Waals surface area contributed by atoms with Crippen molar-refractivity contribution in [2.24, 2.45) is 0 Å². The molecule has 0 aliphatic carbocycles. The van der Waals surface area contributed by atoms with Crippen LogP contribution in [0.25, 0.3) is 33.6 Å². The maximum atomic E-state index is 12.9. The first kappa shape index (κ1) is 22.8. The summed E-state index contributed by atoms with van der Waals surface area (Å²) < 4.78 is 1.94. The number of para-hydroxylation sites is 3. The van der Waals surface area contributed by atoms with Crippen molar-refractivity contribution in [3.8, 4) is 6.07 Å². The van der Waals surface area contributed by atoms with E-state index in [1.165, 1.54) is 6.92 Å². The van der Waals surface area contributed by atoms with Crippen molar-refractivity contribution in [1.29, 1.82) is 5.26 Å². The van der Waals surface area contributed by atoms with Crippen LogP contribution >= 0.6 is 0 Å². The molecule has 0 atom stereocenters. The number of fused-ring (bicyclic) bond motifs is 2. The minimum absolute atomic E-state index is 0.0257. The smallest absolute Gasteiger partial charge is 0.244 e. The first-order chi connectivity index (χ1) is 17.4. The third-order valence-electron chi connectivity index (χ3n) is 6.21. The molecule has 0 saturated heterocycles. The van der Waals surface area contributed by atoms with Crippen molar-refractivity contribution in [1.82, 2.24) is 14.5 Å². The number of hydrogen-bond donors (Lipinski definition) is 2. The lowest BCUT2D eigenvalue weighted by molar-refractivity contribution is -0.116. The summed E-state index contributed by atoms with van der Waals surface area (Å²) in [7, 11) is 0. The van der Waals surface area contributed by atoms with Gasteiger partial charge in [0.15, 0.2) is 5.78 Å². The minimum Gasteiger partial charge on any atom is -0.337 e. The van der Waals surface area contributed by atoms with Gasteiger partial charge in [0, 0.05) is 33.4 Å². The maximum Gasteiger partial charge on any atom is 0.244 e. The number of anilines is 1. The molecule has 176 valence electrons. The molecule has 0 aliphatic heterocycles. The number of nitrogens with one attached hydrogen (secondary N) is 2. The summed E-state index contributed by atoms with van der Waals surface area (Å²) >= 11 is 0. The molecule has 2 aromatic heterocycles. The van der Waals surface area contributed by atoms with Crippen LogP contribution in [-0.4, -0.2) is 26.2 Å². The number of aromatic nitrogens is 3. The maximum absolute atomic E-state index is 12.9. The summed E-state index contributed by atoms with van der Waals surface area (Å²) in [5.74, 6) is 0.284. The summed E-state index contributed by atoms with van der Waals surface area (Å²) in [6.07, 6.45) is 1.82. The quantitative estimate of drug-likeness (QED) is 0.243. The van der Waals surface area contributed by atoms with Crippen LogP contribution in [0.2, 0.25) is 0 Å². The normalized spacial score (nSPS) is 11.5. The predicted molar refractivity (Wildman–Crippen MR) is 141 cm³/mol. The fraction of sp³-hybridized carbons (Fsp3) is 0.103. The highest BCUT2D eigenvalue weighted by atomic mass is 16.2. The number of rotatable bonds is 6. The molecule has 0 bridgehead atoms. The Labute approximate surface area is 207 Å². The molecular weight excluding hydrogens is 450 g/mol. The Kier molecular flexibility index (Phi) is 5.93. The van der Waals surface area contributed by atoms with Gasteiger partial charge in [-0.05, 0) is 62.4 Å². The van der Waals surface area contributed by atoms with Crippen LogP contribution in [0.5, 0.6) is 0 Å². The molecular formula is C29H23N5O2. The van der Waals surface area contributed by atoms with Crippen molar-refractivity contribution < 1.29 is 9.59 Å². The van der Waals surface area contributed by atoms with Gasteiger partial charge in [0.25, 0.3) is 0 Å². The van der Waals surface area contributed by atoms with E-state index in [1.54, 1.807) is 24.3 Å². The molecule has 0 saturated carbocycles. The molecule has 0 radical (unpaired) electrons. The monoisotopic (exact) mass is 473 g/mol. The zero-order valence-corrected chi connectivity index (χ0v) is 19.9. The van der Waals surface area contributed by atoms with E-state index in [4.69, 9.17) is 0 Å². The highest BCUT2D eigenvalue weighted by molar-refractivity contribution is 6.00. The van der Waals surface area contributed by atoms with Gasteiger partial charge in [-0.25, -0.2) is 4.98 Å². The van der Waals surface area contributed by atoms with E-state index in [9.17, 15) is 14.9 Å². The molecule has 0 unspecified atom stereocenters. The van der Waals surface area contributed by atoms with Crippen molar-refractivity contribution in [2.45, 2.75) is 20.4 Å². The van der Waals surface area contributed by atoms with E-state index in [-0.39, 0.29) is 18.2 Å². The topological polar surface area (TPSA) is 104 Å². The minimum atomic E-state index is -0.192. The Morgan fingerprint density at radius 1 is 1.06 bits per heavy atom. The largest absolute Gasteiger partial charge is 0.337 e. The van der Waals surface area contributed by atoms with Crippen molar-refractivity contribution in [2.75, 3.05) is 5.32 Å². The van der Waals surface area contributed by atoms with Gasteiger partial charge in [-0.3, -0.25) is 9.59 Å². The van der Waals surface area contributed by atoms with Crippen molar-refractivity contribution in [3.63, 3.8) is 0 Å². The average molecular weight is 474 g/mol.